The minimum absolute atomic E-state index is 0.145. The van der Waals surface area contributed by atoms with Gasteiger partial charge in [0.2, 0.25) is 17.8 Å². The Morgan fingerprint density at radius 3 is 2.66 bits per heavy atom. The molecule has 3 heterocycles. The van der Waals surface area contributed by atoms with Gasteiger partial charge in [-0.3, -0.25) is 4.79 Å². The Labute approximate surface area is 191 Å². The molecule has 9 nitrogen and oxygen atoms in total. The number of carbonyl (C=O) groups is 1. The molecule has 3 N–H and O–H groups in total. The first kappa shape index (κ1) is 20.7. The Kier molecular flexibility index (Phi) is 5.42. The number of piperazine rings is 1. The third-order valence-electron chi connectivity index (χ3n) is 6.01. The van der Waals surface area contributed by atoms with Crippen molar-refractivity contribution in [2.24, 2.45) is 5.92 Å². The highest BCUT2D eigenvalue weighted by molar-refractivity contribution is 6.31. The Morgan fingerprint density at radius 2 is 1.94 bits per heavy atom. The van der Waals surface area contributed by atoms with Crippen molar-refractivity contribution < 1.29 is 4.79 Å². The van der Waals surface area contributed by atoms with Crippen molar-refractivity contribution in [3.63, 3.8) is 0 Å². The summed E-state index contributed by atoms with van der Waals surface area (Å²) in [5.41, 5.74) is 7.58. The minimum Gasteiger partial charge on any atom is -0.368 e. The molecular weight excluding hydrogens is 428 g/mol. The molecule has 1 unspecified atom stereocenters. The predicted octanol–water partition coefficient (Wildman–Crippen LogP) is 2.89. The maximum atomic E-state index is 12.5. The van der Waals surface area contributed by atoms with Gasteiger partial charge in [-0.1, -0.05) is 11.6 Å². The second-order valence-corrected chi connectivity index (χ2v) is 8.79. The van der Waals surface area contributed by atoms with Crippen LogP contribution in [-0.4, -0.2) is 56.9 Å². The van der Waals surface area contributed by atoms with Crippen molar-refractivity contribution in [3.8, 4) is 0 Å². The first-order chi connectivity index (χ1) is 15.5. The predicted molar refractivity (Wildman–Crippen MR) is 125 cm³/mol. The molecular formula is C22H25ClN8O. The molecule has 3 aromatic rings. The van der Waals surface area contributed by atoms with Crippen LogP contribution in [0, 0.1) is 5.92 Å². The monoisotopic (exact) mass is 452 g/mol. The number of aromatic nitrogens is 4. The summed E-state index contributed by atoms with van der Waals surface area (Å²) < 4.78 is 0. The van der Waals surface area contributed by atoms with E-state index in [-0.39, 0.29) is 17.9 Å². The van der Waals surface area contributed by atoms with Gasteiger partial charge in [-0.25, -0.2) is 15.0 Å². The van der Waals surface area contributed by atoms with Crippen LogP contribution in [0.3, 0.4) is 0 Å². The number of nitrogens with one attached hydrogen (secondary N) is 1. The lowest BCUT2D eigenvalue weighted by molar-refractivity contribution is -0.132. The summed E-state index contributed by atoms with van der Waals surface area (Å²) in [6, 6.07) is 7.66. The number of carbonyl (C=O) groups excluding carboxylic acids is 1. The zero-order valence-electron chi connectivity index (χ0n) is 17.8. The molecule has 2 fully saturated rings. The fourth-order valence-corrected chi connectivity index (χ4v) is 4.28. The van der Waals surface area contributed by atoms with Gasteiger partial charge >= 0.3 is 0 Å². The molecule has 32 heavy (non-hydrogen) atoms. The fourth-order valence-electron chi connectivity index (χ4n) is 4.10. The molecule has 1 saturated heterocycles. The number of halogens is 1. The first-order valence-corrected chi connectivity index (χ1v) is 11.2. The van der Waals surface area contributed by atoms with E-state index in [2.05, 4.69) is 31.2 Å². The smallest absolute Gasteiger partial charge is 0.227 e. The third kappa shape index (κ3) is 4.25. The van der Waals surface area contributed by atoms with Crippen LogP contribution in [0.4, 0.5) is 17.7 Å². The summed E-state index contributed by atoms with van der Waals surface area (Å²) in [7, 11) is 0. The highest BCUT2D eigenvalue weighted by atomic mass is 35.5. The van der Waals surface area contributed by atoms with E-state index in [0.717, 1.165) is 48.2 Å². The fraction of sp³-hybridized carbons (Fsp3) is 0.409. The van der Waals surface area contributed by atoms with Gasteiger partial charge in [0.05, 0.1) is 11.6 Å². The zero-order valence-corrected chi connectivity index (χ0v) is 18.6. The quantitative estimate of drug-likeness (QED) is 0.607. The number of anilines is 3. The van der Waals surface area contributed by atoms with Crippen molar-refractivity contribution in [2.75, 3.05) is 42.1 Å². The largest absolute Gasteiger partial charge is 0.368 e. The lowest BCUT2D eigenvalue weighted by Crippen LogP contribution is -2.49. The summed E-state index contributed by atoms with van der Waals surface area (Å²) in [5.74, 6) is 2.00. The van der Waals surface area contributed by atoms with Gasteiger partial charge in [-0.2, -0.15) is 4.98 Å². The molecule has 1 aliphatic carbocycles. The molecule has 1 aliphatic heterocycles. The number of nitrogens with zero attached hydrogens (tertiary/aromatic N) is 6. The van der Waals surface area contributed by atoms with E-state index in [1.165, 1.54) is 6.33 Å². The average molecular weight is 453 g/mol. The molecule has 1 atom stereocenters. The van der Waals surface area contributed by atoms with Crippen molar-refractivity contribution in [3.05, 3.63) is 41.2 Å². The number of nitrogens with two attached hydrogens (primary N) is 1. The van der Waals surface area contributed by atoms with E-state index in [1.807, 2.05) is 30.0 Å². The maximum absolute atomic E-state index is 12.5. The van der Waals surface area contributed by atoms with Crippen LogP contribution < -0.4 is 16.0 Å². The Bertz CT molecular complexity index is 1160. The lowest BCUT2D eigenvalue weighted by atomic mass is 10.0. The summed E-state index contributed by atoms with van der Waals surface area (Å²) in [4.78, 5) is 33.8. The van der Waals surface area contributed by atoms with Gasteiger partial charge in [0.1, 0.15) is 12.1 Å². The van der Waals surface area contributed by atoms with Crippen molar-refractivity contribution in [2.45, 2.75) is 25.8 Å². The SMILES string of the molecule is CC(Nc1ncnc(N)n1)c1cc2cc(Cl)ccc2nc1N1CCN(C(=O)C2CC2)CC1. The van der Waals surface area contributed by atoms with Crippen LogP contribution in [-0.2, 0) is 4.79 Å². The molecule has 0 radical (unpaired) electrons. The average Bonchev–Trinajstić information content (AvgIpc) is 3.63. The van der Waals surface area contributed by atoms with Gasteiger partial charge in [0.25, 0.3) is 0 Å². The second kappa shape index (κ2) is 8.38. The van der Waals surface area contributed by atoms with Gasteiger partial charge in [-0.15, -0.1) is 0 Å². The third-order valence-corrected chi connectivity index (χ3v) is 6.24. The summed E-state index contributed by atoms with van der Waals surface area (Å²) in [6.07, 6.45) is 3.44. The topological polar surface area (TPSA) is 113 Å². The van der Waals surface area contributed by atoms with Crippen LogP contribution in [0.15, 0.2) is 30.6 Å². The van der Waals surface area contributed by atoms with Crippen LogP contribution in [0.25, 0.3) is 10.9 Å². The molecule has 0 spiro atoms. The molecule has 2 aliphatic rings. The highest BCUT2D eigenvalue weighted by Gasteiger charge is 2.35. The van der Waals surface area contributed by atoms with E-state index in [4.69, 9.17) is 22.3 Å². The number of hydrogen-bond donors (Lipinski definition) is 2. The highest BCUT2D eigenvalue weighted by Crippen LogP contribution is 2.34. The van der Waals surface area contributed by atoms with E-state index < -0.39 is 0 Å². The van der Waals surface area contributed by atoms with E-state index >= 15 is 0 Å². The van der Waals surface area contributed by atoms with Crippen molar-refractivity contribution >= 4 is 46.1 Å². The lowest BCUT2D eigenvalue weighted by Gasteiger charge is -2.37. The van der Waals surface area contributed by atoms with E-state index in [1.54, 1.807) is 0 Å². The molecule has 1 saturated carbocycles. The molecule has 0 bridgehead atoms. The Morgan fingerprint density at radius 1 is 1.16 bits per heavy atom. The normalized spacial score (nSPS) is 17.4. The van der Waals surface area contributed by atoms with E-state index in [9.17, 15) is 4.79 Å². The van der Waals surface area contributed by atoms with Crippen molar-refractivity contribution in [1.29, 1.82) is 0 Å². The molecule has 166 valence electrons. The maximum Gasteiger partial charge on any atom is 0.227 e. The second-order valence-electron chi connectivity index (χ2n) is 8.36. The Hall–Kier alpha value is -3.20. The van der Waals surface area contributed by atoms with Gasteiger partial charge in [0.15, 0.2) is 0 Å². The number of hydrogen-bond acceptors (Lipinski definition) is 8. The number of rotatable bonds is 5. The number of pyridine rings is 1. The van der Waals surface area contributed by atoms with Crippen LogP contribution in [0.1, 0.15) is 31.4 Å². The summed E-state index contributed by atoms with van der Waals surface area (Å²) in [6.45, 7) is 4.93. The van der Waals surface area contributed by atoms with Crippen LogP contribution >= 0.6 is 11.6 Å². The van der Waals surface area contributed by atoms with Gasteiger partial charge < -0.3 is 20.9 Å². The van der Waals surface area contributed by atoms with E-state index in [0.29, 0.717) is 30.0 Å². The summed E-state index contributed by atoms with van der Waals surface area (Å²) in [5, 5.41) is 4.93. The zero-order chi connectivity index (χ0) is 22.2. The van der Waals surface area contributed by atoms with Crippen molar-refractivity contribution in [1.82, 2.24) is 24.8 Å². The summed E-state index contributed by atoms with van der Waals surface area (Å²) >= 11 is 6.23. The molecule has 10 heteroatoms. The Balaban J connectivity index is 1.45. The molecule has 1 aromatic carbocycles. The number of nitrogen functional groups attached to an aromatic ring is 1. The van der Waals surface area contributed by atoms with Gasteiger partial charge in [0, 0.05) is 48.1 Å². The van der Waals surface area contributed by atoms with Crippen LogP contribution in [0.5, 0.6) is 0 Å². The number of benzene rings is 1. The first-order valence-electron chi connectivity index (χ1n) is 10.8. The number of amides is 1. The molecule has 1 amide bonds. The minimum atomic E-state index is -0.145. The standard InChI is InChI=1S/C22H25ClN8O/c1-13(27-22-26-12-25-21(24)29-22)17-11-15-10-16(23)4-5-18(15)28-19(17)30-6-8-31(9-7-30)20(32)14-2-3-14/h4-5,10-14H,2-3,6-9H2,1H3,(H3,24,25,26,27,29). The van der Waals surface area contributed by atoms with Gasteiger partial charge in [-0.05, 0) is 44.0 Å². The van der Waals surface area contributed by atoms with Crippen LogP contribution in [0.2, 0.25) is 5.02 Å². The molecule has 5 rings (SSSR count). The number of fused-ring (bicyclic) bond motifs is 1. The molecule has 2 aromatic heterocycles.